The molecule has 1 heterocycles. The summed E-state index contributed by atoms with van der Waals surface area (Å²) in [6, 6.07) is 6.55. The Labute approximate surface area is 128 Å². The van der Waals surface area contributed by atoms with Crippen LogP contribution in [0.25, 0.3) is 5.69 Å². The third-order valence-electron chi connectivity index (χ3n) is 3.63. The van der Waals surface area contributed by atoms with Crippen molar-refractivity contribution < 1.29 is 0 Å². The minimum Gasteiger partial charge on any atom is -0.310 e. The number of nitrogens with zero attached hydrogens (tertiary/aromatic N) is 2. The Morgan fingerprint density at radius 3 is 2.65 bits per heavy atom. The maximum absolute atomic E-state index is 6.24. The molecule has 2 aromatic rings. The second-order valence-corrected chi connectivity index (χ2v) is 6.14. The SMILES string of the molecule is Cc1nn(-c2ccc(Cl)cc2CNC2CC2)c(C)c1Cl. The van der Waals surface area contributed by atoms with Gasteiger partial charge in [0.15, 0.2) is 0 Å². The van der Waals surface area contributed by atoms with Gasteiger partial charge < -0.3 is 5.32 Å². The molecule has 1 fully saturated rings. The Bertz CT molecular complexity index is 645. The molecule has 0 bridgehead atoms. The molecule has 0 unspecified atom stereocenters. The Morgan fingerprint density at radius 1 is 1.30 bits per heavy atom. The van der Waals surface area contributed by atoms with Gasteiger partial charge in [0.2, 0.25) is 0 Å². The maximum atomic E-state index is 6.24. The van der Waals surface area contributed by atoms with Crippen LogP contribution in [0.4, 0.5) is 0 Å². The highest BCUT2D eigenvalue weighted by Crippen LogP contribution is 2.27. The lowest BCUT2D eigenvalue weighted by molar-refractivity contribution is 0.679. The highest BCUT2D eigenvalue weighted by atomic mass is 35.5. The standard InChI is InChI=1S/C15H17Cl2N3/c1-9-15(17)10(2)20(19-9)14-6-3-12(16)7-11(14)8-18-13-4-5-13/h3,6-7,13,18H,4-5,8H2,1-2H3. The van der Waals surface area contributed by atoms with E-state index in [1.807, 2.05) is 36.7 Å². The molecule has 106 valence electrons. The van der Waals surface area contributed by atoms with Crippen molar-refractivity contribution in [1.29, 1.82) is 0 Å². The molecule has 1 aromatic heterocycles. The number of rotatable bonds is 4. The number of nitrogens with one attached hydrogen (secondary N) is 1. The second-order valence-electron chi connectivity index (χ2n) is 5.32. The first-order valence-electron chi connectivity index (χ1n) is 6.80. The number of benzene rings is 1. The number of hydrogen-bond acceptors (Lipinski definition) is 2. The van der Waals surface area contributed by atoms with Crippen molar-refractivity contribution in [2.24, 2.45) is 0 Å². The van der Waals surface area contributed by atoms with Crippen molar-refractivity contribution in [3.05, 3.63) is 45.2 Å². The lowest BCUT2D eigenvalue weighted by atomic mass is 10.1. The van der Waals surface area contributed by atoms with Gasteiger partial charge >= 0.3 is 0 Å². The molecule has 1 aromatic carbocycles. The first-order chi connectivity index (χ1) is 9.56. The van der Waals surface area contributed by atoms with Crippen LogP contribution in [-0.2, 0) is 6.54 Å². The molecule has 0 amide bonds. The minimum absolute atomic E-state index is 0.658. The first-order valence-corrected chi connectivity index (χ1v) is 7.56. The molecule has 1 aliphatic rings. The normalized spacial score (nSPS) is 14.8. The monoisotopic (exact) mass is 309 g/mol. The number of hydrogen-bond donors (Lipinski definition) is 1. The highest BCUT2D eigenvalue weighted by Gasteiger charge is 2.21. The summed E-state index contributed by atoms with van der Waals surface area (Å²) in [6.07, 6.45) is 2.53. The van der Waals surface area contributed by atoms with E-state index in [1.165, 1.54) is 12.8 Å². The van der Waals surface area contributed by atoms with Crippen LogP contribution in [0.15, 0.2) is 18.2 Å². The summed E-state index contributed by atoms with van der Waals surface area (Å²) >= 11 is 12.4. The van der Waals surface area contributed by atoms with E-state index in [2.05, 4.69) is 10.4 Å². The van der Waals surface area contributed by atoms with Gasteiger partial charge in [-0.3, -0.25) is 0 Å². The van der Waals surface area contributed by atoms with Crippen LogP contribution in [0.3, 0.4) is 0 Å². The van der Waals surface area contributed by atoms with Crippen molar-refractivity contribution in [1.82, 2.24) is 15.1 Å². The summed E-state index contributed by atoms with van der Waals surface area (Å²) in [6.45, 7) is 4.70. The Hall–Kier alpha value is -1.03. The van der Waals surface area contributed by atoms with Crippen LogP contribution in [0.1, 0.15) is 29.8 Å². The zero-order valence-electron chi connectivity index (χ0n) is 11.6. The zero-order valence-corrected chi connectivity index (χ0v) is 13.1. The minimum atomic E-state index is 0.658. The zero-order chi connectivity index (χ0) is 14.3. The van der Waals surface area contributed by atoms with E-state index in [0.717, 1.165) is 39.2 Å². The summed E-state index contributed by atoms with van der Waals surface area (Å²) in [5, 5.41) is 9.51. The van der Waals surface area contributed by atoms with Crippen molar-refractivity contribution in [2.45, 2.75) is 39.3 Å². The summed E-state index contributed by atoms with van der Waals surface area (Å²) in [5.74, 6) is 0. The van der Waals surface area contributed by atoms with Crippen molar-refractivity contribution in [2.75, 3.05) is 0 Å². The molecule has 0 spiro atoms. The van der Waals surface area contributed by atoms with Crippen molar-refractivity contribution in [3.8, 4) is 5.69 Å². The molecule has 5 heteroatoms. The Kier molecular flexibility index (Phi) is 3.76. The molecule has 3 rings (SSSR count). The fourth-order valence-corrected chi connectivity index (χ4v) is 2.61. The second kappa shape index (κ2) is 5.40. The summed E-state index contributed by atoms with van der Waals surface area (Å²) in [5.41, 5.74) is 3.99. The fourth-order valence-electron chi connectivity index (χ4n) is 2.30. The molecule has 0 saturated heterocycles. The number of aryl methyl sites for hydroxylation is 1. The molecule has 1 saturated carbocycles. The predicted octanol–water partition coefficient (Wildman–Crippen LogP) is 4.05. The lowest BCUT2D eigenvalue weighted by Gasteiger charge is -2.12. The van der Waals surface area contributed by atoms with Gasteiger partial charge in [-0.05, 0) is 50.5 Å². The van der Waals surface area contributed by atoms with E-state index < -0.39 is 0 Å². The van der Waals surface area contributed by atoms with Gasteiger partial charge in [-0.15, -0.1) is 0 Å². The topological polar surface area (TPSA) is 29.9 Å². The van der Waals surface area contributed by atoms with Crippen molar-refractivity contribution in [3.63, 3.8) is 0 Å². The van der Waals surface area contributed by atoms with E-state index in [9.17, 15) is 0 Å². The van der Waals surface area contributed by atoms with Crippen LogP contribution in [0, 0.1) is 13.8 Å². The first kappa shape index (κ1) is 13.9. The smallest absolute Gasteiger partial charge is 0.0848 e. The van der Waals surface area contributed by atoms with Crippen LogP contribution in [-0.4, -0.2) is 15.8 Å². The largest absolute Gasteiger partial charge is 0.310 e. The summed E-state index contributed by atoms with van der Waals surface area (Å²) < 4.78 is 1.90. The highest BCUT2D eigenvalue weighted by molar-refractivity contribution is 6.32. The van der Waals surface area contributed by atoms with Crippen LogP contribution >= 0.6 is 23.2 Å². The van der Waals surface area contributed by atoms with Gasteiger partial charge in [0.1, 0.15) is 0 Å². The van der Waals surface area contributed by atoms with E-state index >= 15 is 0 Å². The van der Waals surface area contributed by atoms with Crippen LogP contribution < -0.4 is 5.32 Å². The van der Waals surface area contributed by atoms with Crippen molar-refractivity contribution >= 4 is 23.2 Å². The van der Waals surface area contributed by atoms with Gasteiger partial charge in [-0.1, -0.05) is 23.2 Å². The molecular weight excluding hydrogens is 293 g/mol. The van der Waals surface area contributed by atoms with Gasteiger partial charge in [0.05, 0.1) is 22.1 Å². The molecule has 1 aliphatic carbocycles. The molecule has 0 radical (unpaired) electrons. The van der Waals surface area contributed by atoms with E-state index in [0.29, 0.717) is 6.04 Å². The van der Waals surface area contributed by atoms with E-state index in [-0.39, 0.29) is 0 Å². The molecule has 0 aliphatic heterocycles. The van der Waals surface area contributed by atoms with Gasteiger partial charge in [-0.2, -0.15) is 5.10 Å². The van der Waals surface area contributed by atoms with E-state index in [4.69, 9.17) is 23.2 Å². The van der Waals surface area contributed by atoms with Crippen LogP contribution in [0.5, 0.6) is 0 Å². The van der Waals surface area contributed by atoms with Gasteiger partial charge in [0, 0.05) is 17.6 Å². The predicted molar refractivity (Wildman–Crippen MR) is 82.9 cm³/mol. The average Bonchev–Trinajstić information content (AvgIpc) is 3.21. The lowest BCUT2D eigenvalue weighted by Crippen LogP contribution is -2.17. The molecule has 1 N–H and O–H groups in total. The van der Waals surface area contributed by atoms with Gasteiger partial charge in [-0.25, -0.2) is 4.68 Å². The number of halogens is 2. The molecule has 3 nitrogen and oxygen atoms in total. The Morgan fingerprint density at radius 2 is 2.05 bits per heavy atom. The average molecular weight is 310 g/mol. The molecular formula is C15H17Cl2N3. The van der Waals surface area contributed by atoms with Crippen LogP contribution in [0.2, 0.25) is 10.0 Å². The fraction of sp³-hybridized carbons (Fsp3) is 0.400. The number of aromatic nitrogens is 2. The quantitative estimate of drug-likeness (QED) is 0.923. The summed E-state index contributed by atoms with van der Waals surface area (Å²) in [7, 11) is 0. The summed E-state index contributed by atoms with van der Waals surface area (Å²) in [4.78, 5) is 0. The van der Waals surface area contributed by atoms with E-state index in [1.54, 1.807) is 0 Å². The molecule has 0 atom stereocenters. The van der Waals surface area contributed by atoms with Gasteiger partial charge in [0.25, 0.3) is 0 Å². The Balaban J connectivity index is 2.00. The molecule has 20 heavy (non-hydrogen) atoms. The third kappa shape index (κ3) is 2.71. The maximum Gasteiger partial charge on any atom is 0.0848 e. The third-order valence-corrected chi connectivity index (χ3v) is 4.41.